The van der Waals surface area contributed by atoms with Crippen molar-refractivity contribution in [1.82, 2.24) is 5.32 Å². The molecule has 1 heterocycles. The summed E-state index contributed by atoms with van der Waals surface area (Å²) in [6, 6.07) is 9.88. The van der Waals surface area contributed by atoms with Crippen LogP contribution in [0.25, 0.3) is 5.57 Å². The first-order valence-corrected chi connectivity index (χ1v) is 11.6. The van der Waals surface area contributed by atoms with Crippen molar-refractivity contribution in [2.75, 3.05) is 23.8 Å². The van der Waals surface area contributed by atoms with Gasteiger partial charge in [-0.05, 0) is 42.0 Å². The second kappa shape index (κ2) is 11.8. The summed E-state index contributed by atoms with van der Waals surface area (Å²) >= 11 is 12.4. The van der Waals surface area contributed by atoms with Crippen LogP contribution < -0.4 is 20.7 Å². The van der Waals surface area contributed by atoms with Crippen molar-refractivity contribution < 1.29 is 29.0 Å². The van der Waals surface area contributed by atoms with Gasteiger partial charge in [-0.25, -0.2) is 4.79 Å². The maximum Gasteiger partial charge on any atom is 0.507 e. The average molecular weight is 522 g/mol. The Morgan fingerprint density at radius 3 is 2.57 bits per heavy atom. The van der Waals surface area contributed by atoms with Gasteiger partial charge in [0, 0.05) is 40.4 Å². The van der Waals surface area contributed by atoms with Crippen molar-refractivity contribution in [1.29, 1.82) is 0 Å². The number of nitrogens with one attached hydrogen (secondary N) is 3. The van der Waals surface area contributed by atoms with E-state index in [0.29, 0.717) is 51.5 Å². The van der Waals surface area contributed by atoms with Crippen LogP contribution in [0.4, 0.5) is 16.2 Å². The molecule has 1 unspecified atom stereocenters. The van der Waals surface area contributed by atoms with Gasteiger partial charge in [0.2, 0.25) is 11.8 Å². The molecule has 0 aliphatic carbocycles. The van der Waals surface area contributed by atoms with Crippen LogP contribution in [0.15, 0.2) is 42.5 Å². The lowest BCUT2D eigenvalue weighted by atomic mass is 9.95. The fraction of sp³-hybridized carbons (Fsp3) is 0.292. The first-order chi connectivity index (χ1) is 16.6. The first kappa shape index (κ1) is 26.2. The summed E-state index contributed by atoms with van der Waals surface area (Å²) < 4.78 is 10.4. The maximum absolute atomic E-state index is 12.7. The van der Waals surface area contributed by atoms with Crippen LogP contribution in [0.5, 0.6) is 5.75 Å². The molecule has 9 nitrogen and oxygen atoms in total. The van der Waals surface area contributed by atoms with Crippen molar-refractivity contribution in [3.8, 4) is 5.75 Å². The van der Waals surface area contributed by atoms with Crippen LogP contribution in [0, 0.1) is 5.92 Å². The van der Waals surface area contributed by atoms with E-state index in [2.05, 4.69) is 16.0 Å². The molecule has 1 aliphatic heterocycles. The lowest BCUT2D eigenvalue weighted by Gasteiger charge is -2.28. The van der Waals surface area contributed by atoms with Gasteiger partial charge in [0.05, 0.1) is 11.6 Å². The van der Waals surface area contributed by atoms with Gasteiger partial charge in [-0.3, -0.25) is 9.59 Å². The molecular formula is C24H25Cl2N3O6. The molecule has 1 atom stereocenters. The number of carboxylic acid groups (broad SMARTS) is 1. The number of carbonyl (C=O) groups excluding carboxylic acids is 2. The molecule has 3 rings (SSSR count). The molecule has 1 aliphatic rings. The van der Waals surface area contributed by atoms with Crippen molar-refractivity contribution >= 4 is 58.1 Å². The molecule has 0 fully saturated rings. The van der Waals surface area contributed by atoms with E-state index in [1.54, 1.807) is 36.4 Å². The standard InChI is InChI=1S/C24H25Cl2N3O6/c1-13(2)23(31)27-7-8-34-17-5-3-16(4-6-17)28-20(30)9-14-10-21(35-24(32)33)29-19-12-15(25)11-18(26)22(14)19/h3-6,9,11-13,21,29H,7-8,10H2,1-2H3,(H,27,31)(H,28,30)(H,32,33)/b14-9+. The number of benzene rings is 2. The van der Waals surface area contributed by atoms with E-state index in [4.69, 9.17) is 37.8 Å². The fourth-order valence-corrected chi connectivity index (χ4v) is 4.00. The Hall–Kier alpha value is -3.43. The number of carbonyl (C=O) groups is 3. The van der Waals surface area contributed by atoms with E-state index in [-0.39, 0.29) is 18.2 Å². The molecule has 2 aromatic carbocycles. The van der Waals surface area contributed by atoms with Gasteiger partial charge in [-0.2, -0.15) is 0 Å². The number of fused-ring (bicyclic) bond motifs is 1. The smallest absolute Gasteiger partial charge is 0.492 e. The minimum atomic E-state index is -1.45. The van der Waals surface area contributed by atoms with Crippen molar-refractivity contribution in [2.24, 2.45) is 5.92 Å². The summed E-state index contributed by atoms with van der Waals surface area (Å²) in [5.41, 5.74) is 2.03. The Labute approximate surface area is 212 Å². The normalized spacial score (nSPS) is 15.7. The summed E-state index contributed by atoms with van der Waals surface area (Å²) in [7, 11) is 0. The molecule has 0 radical (unpaired) electrons. The number of rotatable bonds is 8. The molecule has 2 aromatic rings. The number of halogens is 2. The van der Waals surface area contributed by atoms with Gasteiger partial charge >= 0.3 is 6.16 Å². The van der Waals surface area contributed by atoms with Gasteiger partial charge in [0.25, 0.3) is 0 Å². The molecular weight excluding hydrogens is 497 g/mol. The van der Waals surface area contributed by atoms with Gasteiger partial charge in [-0.1, -0.05) is 37.0 Å². The van der Waals surface area contributed by atoms with Crippen molar-refractivity contribution in [3.63, 3.8) is 0 Å². The predicted octanol–water partition coefficient (Wildman–Crippen LogP) is 5.00. The third-order valence-corrected chi connectivity index (χ3v) is 5.48. The highest BCUT2D eigenvalue weighted by Crippen LogP contribution is 2.40. The van der Waals surface area contributed by atoms with Crippen LogP contribution in [-0.4, -0.2) is 42.5 Å². The highest BCUT2D eigenvalue weighted by Gasteiger charge is 2.27. The Morgan fingerprint density at radius 2 is 1.91 bits per heavy atom. The molecule has 0 bridgehead atoms. The zero-order valence-corrected chi connectivity index (χ0v) is 20.6. The zero-order valence-electron chi connectivity index (χ0n) is 19.1. The summed E-state index contributed by atoms with van der Waals surface area (Å²) in [5.74, 6) is 0.0285. The SMILES string of the molecule is CC(C)C(=O)NCCOc1ccc(NC(=O)/C=C2\CC(OC(=O)O)Nc3cc(Cl)cc(Cl)c32)cc1. The van der Waals surface area contributed by atoms with E-state index >= 15 is 0 Å². The number of ether oxygens (including phenoxy) is 2. The quantitative estimate of drug-likeness (QED) is 0.218. The number of amides is 2. The minimum absolute atomic E-state index is 0.0395. The molecule has 0 saturated carbocycles. The Morgan fingerprint density at radius 1 is 1.20 bits per heavy atom. The zero-order chi connectivity index (χ0) is 25.5. The molecule has 35 heavy (non-hydrogen) atoms. The molecule has 4 N–H and O–H groups in total. The molecule has 0 spiro atoms. The number of anilines is 2. The molecule has 2 amide bonds. The van der Waals surface area contributed by atoms with Gasteiger partial charge in [0.1, 0.15) is 12.4 Å². The van der Waals surface area contributed by atoms with Crippen molar-refractivity contribution in [2.45, 2.75) is 26.5 Å². The third kappa shape index (κ3) is 7.53. The van der Waals surface area contributed by atoms with Gasteiger partial charge in [-0.15, -0.1) is 0 Å². The molecule has 11 heteroatoms. The second-order valence-electron chi connectivity index (χ2n) is 8.01. The van der Waals surface area contributed by atoms with Crippen LogP contribution in [-0.2, 0) is 14.3 Å². The summed E-state index contributed by atoms with van der Waals surface area (Å²) in [5, 5.41) is 18.1. The topological polar surface area (TPSA) is 126 Å². The Balaban J connectivity index is 1.65. The largest absolute Gasteiger partial charge is 0.507 e. The highest BCUT2D eigenvalue weighted by atomic mass is 35.5. The summed E-state index contributed by atoms with van der Waals surface area (Å²) in [6.45, 7) is 4.33. The Bertz CT molecular complexity index is 1130. The predicted molar refractivity (Wildman–Crippen MR) is 134 cm³/mol. The van der Waals surface area contributed by atoms with Crippen LogP contribution >= 0.6 is 23.2 Å². The minimum Gasteiger partial charge on any atom is -0.492 e. The number of hydrogen-bond donors (Lipinski definition) is 4. The van der Waals surface area contributed by atoms with Crippen LogP contribution in [0.3, 0.4) is 0 Å². The third-order valence-electron chi connectivity index (χ3n) is 4.96. The first-order valence-electron chi connectivity index (χ1n) is 10.8. The highest BCUT2D eigenvalue weighted by molar-refractivity contribution is 6.36. The monoisotopic (exact) mass is 521 g/mol. The fourth-order valence-electron chi connectivity index (χ4n) is 3.38. The van der Waals surface area contributed by atoms with E-state index < -0.39 is 18.3 Å². The van der Waals surface area contributed by atoms with E-state index in [1.807, 2.05) is 13.8 Å². The van der Waals surface area contributed by atoms with E-state index in [0.717, 1.165) is 0 Å². The summed E-state index contributed by atoms with van der Waals surface area (Å²) in [6.07, 6.45) is -0.920. The lowest BCUT2D eigenvalue weighted by molar-refractivity contribution is -0.124. The molecule has 186 valence electrons. The van der Waals surface area contributed by atoms with Crippen LogP contribution in [0.1, 0.15) is 25.8 Å². The van der Waals surface area contributed by atoms with E-state index in [9.17, 15) is 14.4 Å². The Kier molecular flexibility index (Phi) is 8.84. The van der Waals surface area contributed by atoms with Gasteiger partial charge < -0.3 is 30.5 Å². The lowest BCUT2D eigenvalue weighted by Crippen LogP contribution is -2.31. The molecule has 0 saturated heterocycles. The molecule has 0 aromatic heterocycles. The van der Waals surface area contributed by atoms with Crippen LogP contribution in [0.2, 0.25) is 10.0 Å². The maximum atomic E-state index is 12.7. The van der Waals surface area contributed by atoms with Crippen molar-refractivity contribution in [3.05, 3.63) is 58.1 Å². The van der Waals surface area contributed by atoms with E-state index in [1.165, 1.54) is 6.08 Å². The van der Waals surface area contributed by atoms with Gasteiger partial charge in [0.15, 0.2) is 6.23 Å². The number of hydrogen-bond acceptors (Lipinski definition) is 6. The average Bonchev–Trinajstić information content (AvgIpc) is 2.76. The summed E-state index contributed by atoms with van der Waals surface area (Å²) in [4.78, 5) is 35.3. The second-order valence-corrected chi connectivity index (χ2v) is 8.85.